The molecular weight excluding hydrogens is 286 g/mol. The molecule has 0 saturated carbocycles. The molecule has 0 radical (unpaired) electrons. The molecule has 2 heterocycles. The third kappa shape index (κ3) is 2.42. The van der Waals surface area contributed by atoms with E-state index in [9.17, 15) is 0 Å². The van der Waals surface area contributed by atoms with Gasteiger partial charge >= 0.3 is 0 Å². The number of aromatic nitrogens is 3. The Balaban J connectivity index is 1.67. The summed E-state index contributed by atoms with van der Waals surface area (Å²) in [4.78, 5) is 3.36. The summed E-state index contributed by atoms with van der Waals surface area (Å²) < 4.78 is 0. The van der Waals surface area contributed by atoms with Gasteiger partial charge in [-0.1, -0.05) is 42.5 Å². The molecule has 0 fully saturated rings. The van der Waals surface area contributed by atoms with Crippen LogP contribution in [0.4, 0.5) is 5.82 Å². The predicted molar refractivity (Wildman–Crippen MR) is 93.8 cm³/mol. The molecule has 4 aromatic rings. The average Bonchev–Trinajstić information content (AvgIpc) is 2.91. The summed E-state index contributed by atoms with van der Waals surface area (Å²) in [6, 6.07) is 16.1. The van der Waals surface area contributed by atoms with Crippen molar-refractivity contribution in [3.8, 4) is 0 Å². The monoisotopic (exact) mass is 301 g/mol. The van der Waals surface area contributed by atoms with Crippen LogP contribution in [0.2, 0.25) is 0 Å². The van der Waals surface area contributed by atoms with Gasteiger partial charge in [0.15, 0.2) is 5.82 Å². The second-order valence-electron chi connectivity index (χ2n) is 5.36. The smallest absolute Gasteiger partial charge is 0.176 e. The molecule has 23 heavy (non-hydrogen) atoms. The maximum absolute atomic E-state index is 4.35. The molecule has 0 bridgehead atoms. The van der Waals surface area contributed by atoms with Crippen LogP contribution in [0.5, 0.6) is 0 Å². The number of fused-ring (bicyclic) bond motifs is 2. The number of aromatic amines is 1. The van der Waals surface area contributed by atoms with E-state index in [-0.39, 0.29) is 0 Å². The minimum absolute atomic E-state index is 0.650. The van der Waals surface area contributed by atoms with Gasteiger partial charge in [0.25, 0.3) is 0 Å². The highest BCUT2D eigenvalue weighted by Gasteiger charge is 2.05. The number of para-hydroxylation sites is 1. The zero-order valence-corrected chi connectivity index (χ0v) is 12.6. The second-order valence-corrected chi connectivity index (χ2v) is 5.36. The Morgan fingerprint density at radius 3 is 2.74 bits per heavy atom. The van der Waals surface area contributed by atoms with Crippen LogP contribution in [0.1, 0.15) is 11.3 Å². The summed E-state index contributed by atoms with van der Waals surface area (Å²) in [5, 5.41) is 15.7. The summed E-state index contributed by atoms with van der Waals surface area (Å²) >= 11 is 0. The largest absolute Gasteiger partial charge is 0.358 e. The van der Waals surface area contributed by atoms with Gasteiger partial charge in [0.2, 0.25) is 0 Å². The van der Waals surface area contributed by atoms with Gasteiger partial charge in [0, 0.05) is 32.9 Å². The number of aryl methyl sites for hydroxylation is 1. The van der Waals surface area contributed by atoms with Crippen LogP contribution in [-0.2, 0) is 0 Å². The maximum atomic E-state index is 4.35. The normalized spacial score (nSPS) is 11.5. The average molecular weight is 301 g/mol. The molecule has 0 amide bonds. The van der Waals surface area contributed by atoms with Crippen molar-refractivity contribution in [1.82, 2.24) is 15.2 Å². The fourth-order valence-electron chi connectivity index (χ4n) is 2.73. The van der Waals surface area contributed by atoms with Crippen molar-refractivity contribution in [1.29, 1.82) is 0 Å². The summed E-state index contributed by atoms with van der Waals surface area (Å²) in [6.45, 7) is 2.04. The molecule has 4 rings (SSSR count). The lowest BCUT2D eigenvalue weighted by molar-refractivity contribution is 1.04. The van der Waals surface area contributed by atoms with E-state index in [1.54, 1.807) is 6.20 Å². The molecule has 5 nitrogen and oxygen atoms in total. The van der Waals surface area contributed by atoms with Crippen LogP contribution in [0.3, 0.4) is 0 Å². The first kappa shape index (κ1) is 13.5. The Hall–Kier alpha value is -3.21. The van der Waals surface area contributed by atoms with E-state index < -0.39 is 0 Å². The second kappa shape index (κ2) is 5.53. The third-order valence-electron chi connectivity index (χ3n) is 3.88. The number of hydrogen-bond donors (Lipinski definition) is 2. The van der Waals surface area contributed by atoms with Gasteiger partial charge in [-0.05, 0) is 13.0 Å². The molecule has 2 aromatic carbocycles. The van der Waals surface area contributed by atoms with Crippen molar-refractivity contribution in [3.05, 3.63) is 66.0 Å². The molecule has 0 saturated heterocycles. The fraction of sp³-hybridized carbons (Fsp3) is 0.0556. The molecular formula is C18H15N5. The van der Waals surface area contributed by atoms with E-state index in [0.717, 1.165) is 32.9 Å². The van der Waals surface area contributed by atoms with Crippen LogP contribution in [0, 0.1) is 6.92 Å². The van der Waals surface area contributed by atoms with Gasteiger partial charge in [0.1, 0.15) is 0 Å². The van der Waals surface area contributed by atoms with Gasteiger partial charge in [0.05, 0.1) is 12.4 Å². The Kier molecular flexibility index (Phi) is 3.24. The Labute approximate surface area is 133 Å². The van der Waals surface area contributed by atoms with Crippen molar-refractivity contribution < 1.29 is 0 Å². The Morgan fingerprint density at radius 2 is 1.83 bits per heavy atom. The minimum Gasteiger partial charge on any atom is -0.358 e. The molecule has 0 aliphatic carbocycles. The van der Waals surface area contributed by atoms with Gasteiger partial charge in [-0.15, -0.1) is 5.10 Å². The number of hydrazone groups is 1. The SMILES string of the molecule is Cc1[nH]c2ccccc2c1C=NNc1nncc2ccccc12. The van der Waals surface area contributed by atoms with Crippen molar-refractivity contribution in [2.24, 2.45) is 5.10 Å². The minimum atomic E-state index is 0.650. The molecule has 2 aromatic heterocycles. The van der Waals surface area contributed by atoms with Gasteiger partial charge in [-0.25, -0.2) is 0 Å². The maximum Gasteiger partial charge on any atom is 0.176 e. The van der Waals surface area contributed by atoms with E-state index in [1.807, 2.05) is 49.5 Å². The van der Waals surface area contributed by atoms with Crippen molar-refractivity contribution in [3.63, 3.8) is 0 Å². The van der Waals surface area contributed by atoms with Crippen LogP contribution < -0.4 is 5.43 Å². The van der Waals surface area contributed by atoms with Crippen LogP contribution in [0.25, 0.3) is 21.7 Å². The lowest BCUT2D eigenvalue weighted by Crippen LogP contribution is -1.96. The number of benzene rings is 2. The van der Waals surface area contributed by atoms with Crippen molar-refractivity contribution >= 4 is 33.7 Å². The molecule has 2 N–H and O–H groups in total. The van der Waals surface area contributed by atoms with E-state index >= 15 is 0 Å². The summed E-state index contributed by atoms with van der Waals surface area (Å²) in [5.74, 6) is 0.650. The first-order valence-corrected chi connectivity index (χ1v) is 7.40. The van der Waals surface area contributed by atoms with E-state index in [0.29, 0.717) is 5.82 Å². The topological polar surface area (TPSA) is 66.0 Å². The molecule has 0 spiro atoms. The summed E-state index contributed by atoms with van der Waals surface area (Å²) in [7, 11) is 0. The third-order valence-corrected chi connectivity index (χ3v) is 3.88. The fourth-order valence-corrected chi connectivity index (χ4v) is 2.73. The molecule has 0 aliphatic heterocycles. The van der Waals surface area contributed by atoms with Crippen molar-refractivity contribution in [2.45, 2.75) is 6.92 Å². The number of rotatable bonds is 3. The number of nitrogens with one attached hydrogen (secondary N) is 2. The van der Waals surface area contributed by atoms with E-state index in [4.69, 9.17) is 0 Å². The molecule has 5 heteroatoms. The zero-order valence-electron chi connectivity index (χ0n) is 12.6. The number of nitrogens with zero attached hydrogens (tertiary/aromatic N) is 3. The van der Waals surface area contributed by atoms with Gasteiger partial charge < -0.3 is 4.98 Å². The van der Waals surface area contributed by atoms with Crippen molar-refractivity contribution in [2.75, 3.05) is 5.43 Å². The first-order chi connectivity index (χ1) is 11.3. The lowest BCUT2D eigenvalue weighted by Gasteiger charge is -2.02. The highest BCUT2D eigenvalue weighted by molar-refractivity contribution is 6.01. The highest BCUT2D eigenvalue weighted by atomic mass is 15.3. The molecule has 112 valence electrons. The number of hydrogen-bond acceptors (Lipinski definition) is 4. The zero-order chi connectivity index (χ0) is 15.6. The standard InChI is InChI=1S/C18H15N5/c1-12-16(15-8-4-5-9-17(15)21-12)11-20-23-18-14-7-3-2-6-13(14)10-19-22-18/h2-11,21H,1H3,(H,22,23). The predicted octanol–water partition coefficient (Wildman–Crippen LogP) is 3.87. The molecule has 0 atom stereocenters. The van der Waals surface area contributed by atoms with Gasteiger partial charge in [-0.3, -0.25) is 5.43 Å². The molecule has 0 unspecified atom stereocenters. The highest BCUT2D eigenvalue weighted by Crippen LogP contribution is 2.21. The van der Waals surface area contributed by atoms with Crippen LogP contribution in [-0.4, -0.2) is 21.4 Å². The lowest BCUT2D eigenvalue weighted by atomic mass is 10.1. The Bertz CT molecular complexity index is 1010. The quantitative estimate of drug-likeness (QED) is 0.446. The first-order valence-electron chi connectivity index (χ1n) is 7.40. The van der Waals surface area contributed by atoms with E-state index in [1.165, 1.54) is 0 Å². The molecule has 0 aliphatic rings. The summed E-state index contributed by atoms with van der Waals surface area (Å²) in [5.41, 5.74) is 6.26. The number of H-pyrrole nitrogens is 1. The van der Waals surface area contributed by atoms with Crippen LogP contribution in [0.15, 0.2) is 59.8 Å². The number of anilines is 1. The van der Waals surface area contributed by atoms with Gasteiger partial charge in [-0.2, -0.15) is 10.2 Å². The Morgan fingerprint density at radius 1 is 1.04 bits per heavy atom. The summed E-state index contributed by atoms with van der Waals surface area (Å²) in [6.07, 6.45) is 3.56. The van der Waals surface area contributed by atoms with Crippen LogP contribution >= 0.6 is 0 Å². The van der Waals surface area contributed by atoms with E-state index in [2.05, 4.69) is 37.8 Å².